The van der Waals surface area contributed by atoms with Gasteiger partial charge >= 0.3 is 12.4 Å². The average molecular weight is 315 g/mol. The van der Waals surface area contributed by atoms with Gasteiger partial charge in [0.05, 0.1) is 17.7 Å². The van der Waals surface area contributed by atoms with Gasteiger partial charge in [0.2, 0.25) is 0 Å². The topological polar surface area (TPSA) is 32.3 Å². The van der Waals surface area contributed by atoms with Crippen LogP contribution in [0.1, 0.15) is 36.6 Å². The number of hydrogen-bond donors (Lipinski definition) is 2. The van der Waals surface area contributed by atoms with Gasteiger partial charge in [-0.1, -0.05) is 0 Å². The van der Waals surface area contributed by atoms with Crippen molar-refractivity contribution < 1.29 is 31.4 Å². The smallest absolute Gasteiger partial charge is 0.395 e. The van der Waals surface area contributed by atoms with E-state index >= 15 is 0 Å². The second kappa shape index (κ2) is 6.23. The van der Waals surface area contributed by atoms with E-state index in [9.17, 15) is 26.3 Å². The molecule has 1 aromatic rings. The fourth-order valence-electron chi connectivity index (χ4n) is 1.80. The molecule has 0 radical (unpaired) electrons. The molecule has 0 saturated carbocycles. The summed E-state index contributed by atoms with van der Waals surface area (Å²) in [5, 5.41) is 11.6. The van der Waals surface area contributed by atoms with Gasteiger partial charge in [-0.05, 0) is 37.6 Å². The number of alkyl halides is 6. The molecule has 2 nitrogen and oxygen atoms in total. The van der Waals surface area contributed by atoms with Crippen LogP contribution in [0.15, 0.2) is 18.2 Å². The summed E-state index contributed by atoms with van der Waals surface area (Å²) in [5.74, 6) is 0. The van der Waals surface area contributed by atoms with E-state index in [2.05, 4.69) is 5.32 Å². The molecule has 2 N–H and O–H groups in total. The molecule has 0 aliphatic carbocycles. The second-order valence-electron chi connectivity index (χ2n) is 4.81. The van der Waals surface area contributed by atoms with Gasteiger partial charge in [-0.2, -0.15) is 26.3 Å². The summed E-state index contributed by atoms with van der Waals surface area (Å²) in [7, 11) is 0. The van der Waals surface area contributed by atoms with Crippen LogP contribution in [0.4, 0.5) is 26.3 Å². The van der Waals surface area contributed by atoms with Gasteiger partial charge in [0.25, 0.3) is 0 Å². The van der Waals surface area contributed by atoms with E-state index in [1.807, 2.05) is 0 Å². The highest BCUT2D eigenvalue weighted by molar-refractivity contribution is 5.35. The van der Waals surface area contributed by atoms with Crippen LogP contribution in [-0.2, 0) is 12.4 Å². The molecule has 0 saturated heterocycles. The van der Waals surface area contributed by atoms with E-state index in [0.717, 1.165) is 0 Å². The zero-order valence-electron chi connectivity index (χ0n) is 11.3. The lowest BCUT2D eigenvalue weighted by Crippen LogP contribution is -2.32. The maximum absolute atomic E-state index is 12.7. The summed E-state index contributed by atoms with van der Waals surface area (Å²) < 4.78 is 76.2. The van der Waals surface area contributed by atoms with Gasteiger partial charge in [-0.25, -0.2) is 0 Å². The van der Waals surface area contributed by atoms with Crippen molar-refractivity contribution in [2.75, 3.05) is 6.61 Å². The highest BCUT2D eigenvalue weighted by Gasteiger charge is 2.37. The van der Waals surface area contributed by atoms with Crippen molar-refractivity contribution in [3.63, 3.8) is 0 Å². The predicted molar refractivity (Wildman–Crippen MR) is 64.5 cm³/mol. The lowest BCUT2D eigenvalue weighted by molar-refractivity contribution is -0.143. The zero-order valence-corrected chi connectivity index (χ0v) is 11.3. The van der Waals surface area contributed by atoms with Crippen molar-refractivity contribution in [2.24, 2.45) is 0 Å². The molecule has 1 aromatic carbocycles. The summed E-state index contributed by atoms with van der Waals surface area (Å²) in [6, 6.07) is 0.221. The van der Waals surface area contributed by atoms with E-state index in [-0.39, 0.29) is 18.2 Å². The van der Waals surface area contributed by atoms with Gasteiger partial charge in [0, 0.05) is 12.1 Å². The molecule has 0 aliphatic rings. The van der Waals surface area contributed by atoms with Gasteiger partial charge < -0.3 is 10.4 Å². The normalized spacial score (nSPS) is 15.9. The Morgan fingerprint density at radius 1 is 0.952 bits per heavy atom. The average Bonchev–Trinajstić information content (AvgIpc) is 2.35. The maximum Gasteiger partial charge on any atom is 0.416 e. The van der Waals surface area contributed by atoms with Gasteiger partial charge in [-0.15, -0.1) is 0 Å². The van der Waals surface area contributed by atoms with E-state index in [4.69, 9.17) is 5.11 Å². The first kappa shape index (κ1) is 17.8. The monoisotopic (exact) mass is 315 g/mol. The molecule has 0 aliphatic heterocycles. The van der Waals surface area contributed by atoms with Crippen LogP contribution in [0.3, 0.4) is 0 Å². The first-order valence-electron chi connectivity index (χ1n) is 6.11. The summed E-state index contributed by atoms with van der Waals surface area (Å²) in [6.07, 6.45) is -9.73. The second-order valence-corrected chi connectivity index (χ2v) is 4.81. The molecule has 8 heteroatoms. The van der Waals surface area contributed by atoms with Gasteiger partial charge in [0.15, 0.2) is 0 Å². The molecule has 120 valence electrons. The number of aliphatic hydroxyl groups is 1. The van der Waals surface area contributed by atoms with E-state index < -0.39 is 35.6 Å². The van der Waals surface area contributed by atoms with Gasteiger partial charge in [0.1, 0.15) is 0 Å². The van der Waals surface area contributed by atoms with Crippen LogP contribution in [0.5, 0.6) is 0 Å². The molecule has 21 heavy (non-hydrogen) atoms. The fraction of sp³-hybridized carbons (Fsp3) is 0.538. The van der Waals surface area contributed by atoms with Crippen molar-refractivity contribution in [1.82, 2.24) is 5.32 Å². The predicted octanol–water partition coefficient (Wildman–Crippen LogP) is 3.76. The molecular weight excluding hydrogens is 300 g/mol. The Labute approximate surface area is 117 Å². The number of halogens is 6. The number of aliphatic hydroxyl groups excluding tert-OH is 1. The van der Waals surface area contributed by atoms with Crippen LogP contribution in [-0.4, -0.2) is 17.8 Å². The first-order chi connectivity index (χ1) is 9.45. The quantitative estimate of drug-likeness (QED) is 0.829. The third kappa shape index (κ3) is 4.89. The van der Waals surface area contributed by atoms with Crippen molar-refractivity contribution in [1.29, 1.82) is 0 Å². The van der Waals surface area contributed by atoms with Crippen LogP contribution >= 0.6 is 0 Å². The molecule has 0 aromatic heterocycles. The number of benzene rings is 1. The third-order valence-corrected chi connectivity index (χ3v) is 2.92. The Bertz CT molecular complexity index is 450. The van der Waals surface area contributed by atoms with Gasteiger partial charge in [-0.3, -0.25) is 0 Å². The lowest BCUT2D eigenvalue weighted by Gasteiger charge is -2.21. The van der Waals surface area contributed by atoms with Crippen molar-refractivity contribution in [3.8, 4) is 0 Å². The molecule has 0 amide bonds. The molecule has 0 heterocycles. The van der Waals surface area contributed by atoms with E-state index in [1.54, 1.807) is 6.92 Å². The Kier molecular flexibility index (Phi) is 5.27. The maximum atomic E-state index is 12.7. The van der Waals surface area contributed by atoms with Crippen LogP contribution in [0.25, 0.3) is 0 Å². The standard InChI is InChI=1S/C13H15F6NO/c1-7(6-21)20-8(2)9-3-10(12(14,15)16)5-11(4-9)13(17,18)19/h3-5,7-8,20-21H,6H2,1-2H3. The van der Waals surface area contributed by atoms with Crippen molar-refractivity contribution >= 4 is 0 Å². The lowest BCUT2D eigenvalue weighted by atomic mass is 10.00. The fourth-order valence-corrected chi connectivity index (χ4v) is 1.80. The van der Waals surface area contributed by atoms with E-state index in [0.29, 0.717) is 12.1 Å². The molecule has 2 atom stereocenters. The molecule has 0 fully saturated rings. The molecule has 0 spiro atoms. The van der Waals surface area contributed by atoms with Crippen molar-refractivity contribution in [2.45, 2.75) is 38.3 Å². The number of hydrogen-bond acceptors (Lipinski definition) is 2. The number of nitrogens with one attached hydrogen (secondary N) is 1. The minimum Gasteiger partial charge on any atom is -0.395 e. The largest absolute Gasteiger partial charge is 0.416 e. The summed E-state index contributed by atoms with van der Waals surface area (Å²) in [4.78, 5) is 0. The van der Waals surface area contributed by atoms with E-state index in [1.165, 1.54) is 6.92 Å². The minimum atomic E-state index is -4.86. The molecule has 1 rings (SSSR count). The van der Waals surface area contributed by atoms with Crippen LogP contribution in [0.2, 0.25) is 0 Å². The Balaban J connectivity index is 3.25. The van der Waals surface area contributed by atoms with Crippen LogP contribution < -0.4 is 5.32 Å². The Hall–Kier alpha value is -1.28. The zero-order chi connectivity index (χ0) is 16.4. The molecule has 0 bridgehead atoms. The highest BCUT2D eigenvalue weighted by Crippen LogP contribution is 2.37. The molecular formula is C13H15F6NO. The number of rotatable bonds is 4. The Morgan fingerprint density at radius 3 is 1.71 bits per heavy atom. The summed E-state index contributed by atoms with van der Waals surface area (Å²) >= 11 is 0. The highest BCUT2D eigenvalue weighted by atomic mass is 19.4. The summed E-state index contributed by atoms with van der Waals surface area (Å²) in [5.41, 5.74) is -2.84. The van der Waals surface area contributed by atoms with Crippen LogP contribution in [0, 0.1) is 0 Å². The minimum absolute atomic E-state index is 0.0890. The third-order valence-electron chi connectivity index (χ3n) is 2.92. The SMILES string of the molecule is CC(CO)NC(C)c1cc(C(F)(F)F)cc(C(F)(F)F)c1. The summed E-state index contributed by atoms with van der Waals surface area (Å²) in [6.45, 7) is 2.71. The van der Waals surface area contributed by atoms with Crippen molar-refractivity contribution in [3.05, 3.63) is 34.9 Å². The first-order valence-corrected chi connectivity index (χ1v) is 6.11. The Morgan fingerprint density at radius 2 is 1.38 bits per heavy atom. The molecule has 2 unspecified atom stereocenters.